The average molecular weight is 526 g/mol. The highest BCUT2D eigenvalue weighted by atomic mass is 16.5. The molecule has 4 rings (SSSR count). The molecule has 1 amide bonds. The summed E-state index contributed by atoms with van der Waals surface area (Å²) in [7, 11) is 1.66. The number of aliphatic carboxylic acids is 1. The van der Waals surface area contributed by atoms with Gasteiger partial charge in [0.2, 0.25) is 0 Å². The summed E-state index contributed by atoms with van der Waals surface area (Å²) < 4.78 is 5.41. The van der Waals surface area contributed by atoms with E-state index in [1.165, 1.54) is 11.1 Å². The normalized spacial score (nSPS) is 12.6. The van der Waals surface area contributed by atoms with E-state index in [4.69, 9.17) is 9.84 Å². The maximum absolute atomic E-state index is 12.5. The average Bonchev–Trinajstić information content (AvgIpc) is 2.96. The van der Waals surface area contributed by atoms with Crippen LogP contribution in [-0.2, 0) is 11.4 Å². The number of amides is 1. The van der Waals surface area contributed by atoms with Crippen LogP contribution in [0.1, 0.15) is 70.6 Å². The first kappa shape index (κ1) is 27.9. The van der Waals surface area contributed by atoms with Gasteiger partial charge in [-0.25, -0.2) is 0 Å². The molecule has 0 heterocycles. The minimum absolute atomic E-state index is 0.0122. The summed E-state index contributed by atoms with van der Waals surface area (Å²) in [6, 6.07) is 28.4. The second-order valence-corrected chi connectivity index (χ2v) is 9.77. The second-order valence-electron chi connectivity index (χ2n) is 9.77. The molecule has 202 valence electrons. The third-order valence-electron chi connectivity index (χ3n) is 7.17. The standard InChI is InChI=1S/C33H35NO5/c1-3-4-30(23-7-9-25(10-8-23)33(38)34-18-17-31(36)37)32(24-13-15-29(39-2)16-14-24)28-12-11-26-19-22(21-35)5-6-27(26)20-28/h5-16,19-20,30,32,35H,3-4,17-18,21H2,1-2H3,(H,34,38)(H,36,37). The van der Waals surface area contributed by atoms with E-state index in [0.717, 1.165) is 40.5 Å². The van der Waals surface area contributed by atoms with Crippen molar-refractivity contribution in [2.75, 3.05) is 13.7 Å². The molecule has 6 heteroatoms. The van der Waals surface area contributed by atoms with Crippen molar-refractivity contribution < 1.29 is 24.5 Å². The number of fused-ring (bicyclic) bond motifs is 1. The number of carboxylic acid groups (broad SMARTS) is 1. The number of hydrogen-bond donors (Lipinski definition) is 3. The Morgan fingerprint density at radius 1 is 0.846 bits per heavy atom. The molecule has 0 aliphatic rings. The van der Waals surface area contributed by atoms with Crippen LogP contribution < -0.4 is 10.1 Å². The number of methoxy groups -OCH3 is 1. The lowest BCUT2D eigenvalue weighted by molar-refractivity contribution is -0.136. The van der Waals surface area contributed by atoms with Crippen LogP contribution >= 0.6 is 0 Å². The van der Waals surface area contributed by atoms with Crippen molar-refractivity contribution in [1.82, 2.24) is 5.32 Å². The Kier molecular flexibility index (Phi) is 9.34. The van der Waals surface area contributed by atoms with Gasteiger partial charge in [0, 0.05) is 18.0 Å². The van der Waals surface area contributed by atoms with Gasteiger partial charge in [0.1, 0.15) is 5.75 Å². The number of rotatable bonds is 12. The maximum atomic E-state index is 12.5. The zero-order chi connectivity index (χ0) is 27.8. The van der Waals surface area contributed by atoms with Gasteiger partial charge in [0.25, 0.3) is 5.91 Å². The van der Waals surface area contributed by atoms with Gasteiger partial charge in [-0.2, -0.15) is 0 Å². The third-order valence-corrected chi connectivity index (χ3v) is 7.17. The molecule has 39 heavy (non-hydrogen) atoms. The van der Waals surface area contributed by atoms with Crippen LogP contribution in [0, 0.1) is 0 Å². The number of carbonyl (C=O) groups is 2. The SMILES string of the molecule is CCCC(c1ccc(C(=O)NCCC(=O)O)cc1)C(c1ccc(OC)cc1)c1ccc2cc(CO)ccc2c1. The largest absolute Gasteiger partial charge is 0.497 e. The van der Waals surface area contributed by atoms with Crippen molar-refractivity contribution in [1.29, 1.82) is 0 Å². The van der Waals surface area contributed by atoms with E-state index in [1.807, 2.05) is 48.5 Å². The number of ether oxygens (including phenoxy) is 1. The second kappa shape index (κ2) is 13.1. The summed E-state index contributed by atoms with van der Waals surface area (Å²) >= 11 is 0. The lowest BCUT2D eigenvalue weighted by Crippen LogP contribution is -2.26. The Morgan fingerprint density at radius 3 is 2.13 bits per heavy atom. The van der Waals surface area contributed by atoms with E-state index < -0.39 is 5.97 Å². The Morgan fingerprint density at radius 2 is 1.49 bits per heavy atom. The molecule has 2 unspecified atom stereocenters. The van der Waals surface area contributed by atoms with Crippen molar-refractivity contribution in [2.24, 2.45) is 0 Å². The van der Waals surface area contributed by atoms with Crippen molar-refractivity contribution in [3.63, 3.8) is 0 Å². The predicted molar refractivity (Wildman–Crippen MR) is 153 cm³/mol. The molecule has 2 atom stereocenters. The number of benzene rings is 4. The number of carboxylic acids is 1. The van der Waals surface area contributed by atoms with Crippen LogP contribution in [0.25, 0.3) is 10.8 Å². The first-order valence-electron chi connectivity index (χ1n) is 13.3. The fourth-order valence-corrected chi connectivity index (χ4v) is 5.18. The monoisotopic (exact) mass is 525 g/mol. The van der Waals surface area contributed by atoms with Crippen molar-refractivity contribution >= 4 is 22.6 Å². The Hall–Kier alpha value is -4.16. The molecule has 4 aromatic rings. The Balaban J connectivity index is 1.72. The summed E-state index contributed by atoms with van der Waals surface area (Å²) in [6.07, 6.45) is 1.82. The number of nitrogens with one attached hydrogen (secondary N) is 1. The van der Waals surface area contributed by atoms with Crippen LogP contribution in [0.15, 0.2) is 84.9 Å². The number of aliphatic hydroxyl groups excluding tert-OH is 1. The summed E-state index contributed by atoms with van der Waals surface area (Å²) in [5.74, 6) is -0.203. The van der Waals surface area contributed by atoms with Crippen molar-refractivity contribution in [3.05, 3.63) is 113 Å². The zero-order valence-electron chi connectivity index (χ0n) is 22.4. The van der Waals surface area contributed by atoms with Crippen LogP contribution in [0.4, 0.5) is 0 Å². The fraction of sp³-hybridized carbons (Fsp3) is 0.273. The first-order valence-corrected chi connectivity index (χ1v) is 13.3. The molecule has 0 radical (unpaired) electrons. The van der Waals surface area contributed by atoms with E-state index >= 15 is 0 Å². The van der Waals surface area contributed by atoms with Gasteiger partial charge in [-0.3, -0.25) is 9.59 Å². The van der Waals surface area contributed by atoms with E-state index in [9.17, 15) is 14.7 Å². The van der Waals surface area contributed by atoms with E-state index in [1.54, 1.807) is 7.11 Å². The van der Waals surface area contributed by atoms with Crippen molar-refractivity contribution in [2.45, 2.75) is 44.6 Å². The Labute approximate surface area is 229 Å². The molecular weight excluding hydrogens is 490 g/mol. The van der Waals surface area contributed by atoms with E-state index in [-0.39, 0.29) is 37.3 Å². The Bertz CT molecular complexity index is 1410. The summed E-state index contributed by atoms with van der Waals surface area (Å²) in [5, 5.41) is 23.2. The molecular formula is C33H35NO5. The van der Waals surface area contributed by atoms with Gasteiger partial charge in [-0.05, 0) is 75.7 Å². The summed E-state index contributed by atoms with van der Waals surface area (Å²) in [6.45, 7) is 2.28. The quantitative estimate of drug-likeness (QED) is 0.203. The van der Waals surface area contributed by atoms with Gasteiger partial charge in [-0.1, -0.05) is 67.9 Å². The lowest BCUT2D eigenvalue weighted by atomic mass is 9.74. The first-order chi connectivity index (χ1) is 18.9. The molecule has 0 saturated carbocycles. The van der Waals surface area contributed by atoms with Gasteiger partial charge in [0.15, 0.2) is 0 Å². The number of aliphatic hydroxyl groups is 1. The lowest BCUT2D eigenvalue weighted by Gasteiger charge is -2.29. The van der Waals surface area contributed by atoms with Crippen LogP contribution in [0.5, 0.6) is 5.75 Å². The highest BCUT2D eigenvalue weighted by Crippen LogP contribution is 2.42. The predicted octanol–water partition coefficient (Wildman–Crippen LogP) is 6.26. The summed E-state index contributed by atoms with van der Waals surface area (Å²) in [4.78, 5) is 23.3. The van der Waals surface area contributed by atoms with Crippen molar-refractivity contribution in [3.8, 4) is 5.75 Å². The molecule has 0 aliphatic heterocycles. The minimum atomic E-state index is -0.944. The smallest absolute Gasteiger partial charge is 0.305 e. The molecule has 6 nitrogen and oxygen atoms in total. The van der Waals surface area contributed by atoms with E-state index in [2.05, 4.69) is 48.6 Å². The summed E-state index contributed by atoms with van der Waals surface area (Å²) in [5.41, 5.74) is 4.90. The van der Waals surface area contributed by atoms with Crippen LogP contribution in [0.3, 0.4) is 0 Å². The minimum Gasteiger partial charge on any atom is -0.497 e. The van der Waals surface area contributed by atoms with Gasteiger partial charge < -0.3 is 20.3 Å². The number of carbonyl (C=O) groups excluding carboxylic acids is 1. The molecule has 0 aliphatic carbocycles. The molecule has 3 N–H and O–H groups in total. The van der Waals surface area contributed by atoms with E-state index in [0.29, 0.717) is 5.56 Å². The molecule has 0 aromatic heterocycles. The zero-order valence-corrected chi connectivity index (χ0v) is 22.4. The topological polar surface area (TPSA) is 95.9 Å². The molecule has 0 fully saturated rings. The highest BCUT2D eigenvalue weighted by Gasteiger charge is 2.27. The van der Waals surface area contributed by atoms with Gasteiger partial charge in [0.05, 0.1) is 20.1 Å². The number of hydrogen-bond acceptors (Lipinski definition) is 4. The van der Waals surface area contributed by atoms with Gasteiger partial charge >= 0.3 is 5.97 Å². The highest BCUT2D eigenvalue weighted by molar-refractivity contribution is 5.94. The fourth-order valence-electron chi connectivity index (χ4n) is 5.18. The van der Waals surface area contributed by atoms with Crippen LogP contribution in [-0.4, -0.2) is 35.7 Å². The molecule has 0 bridgehead atoms. The molecule has 0 spiro atoms. The van der Waals surface area contributed by atoms with Crippen LogP contribution in [0.2, 0.25) is 0 Å². The van der Waals surface area contributed by atoms with Gasteiger partial charge in [-0.15, -0.1) is 0 Å². The maximum Gasteiger partial charge on any atom is 0.305 e. The molecule has 0 saturated heterocycles. The molecule has 4 aromatic carbocycles. The third kappa shape index (κ3) is 6.84.